The van der Waals surface area contributed by atoms with Crippen molar-refractivity contribution in [2.75, 3.05) is 0 Å². The second kappa shape index (κ2) is 9.61. The van der Waals surface area contributed by atoms with Crippen molar-refractivity contribution in [2.24, 2.45) is 0 Å². The lowest BCUT2D eigenvalue weighted by Crippen LogP contribution is -1.95. The molecule has 0 saturated carbocycles. The number of aliphatic hydroxyl groups is 1. The molecule has 0 rings (SSSR count). The molecule has 0 aliphatic rings. The fraction of sp³-hybridized carbons (Fsp3) is 0.833. The van der Waals surface area contributed by atoms with Crippen LogP contribution in [0.5, 0.6) is 0 Å². The molecule has 0 radical (unpaired) electrons. The van der Waals surface area contributed by atoms with Crippen LogP contribution >= 0.6 is 0 Å². The highest BCUT2D eigenvalue weighted by atomic mass is 16.3. The van der Waals surface area contributed by atoms with E-state index in [9.17, 15) is 0 Å². The molecule has 0 aliphatic heterocycles. The van der Waals surface area contributed by atoms with Crippen molar-refractivity contribution < 1.29 is 5.11 Å². The Bertz CT molecular complexity index is 150. The van der Waals surface area contributed by atoms with Crippen LogP contribution in [0.3, 0.4) is 0 Å². The van der Waals surface area contributed by atoms with Gasteiger partial charge in [0.25, 0.3) is 0 Å². The lowest BCUT2D eigenvalue weighted by atomic mass is 10.1. The Morgan fingerprint density at radius 1 is 1.08 bits per heavy atom. The molecule has 1 heteroatoms. The first-order valence-corrected chi connectivity index (χ1v) is 5.41. The molecule has 0 saturated heterocycles. The summed E-state index contributed by atoms with van der Waals surface area (Å²) in [6.07, 6.45) is 7.85. The number of rotatable bonds is 6. The zero-order chi connectivity index (χ0) is 9.94. The molecule has 76 valence electrons. The van der Waals surface area contributed by atoms with Crippen LogP contribution in [0.15, 0.2) is 0 Å². The van der Waals surface area contributed by atoms with Gasteiger partial charge >= 0.3 is 0 Å². The first-order chi connectivity index (χ1) is 6.27. The smallest absolute Gasteiger partial charge is 0.0621 e. The zero-order valence-electron chi connectivity index (χ0n) is 8.97. The largest absolute Gasteiger partial charge is 0.392 e. The summed E-state index contributed by atoms with van der Waals surface area (Å²) >= 11 is 0. The van der Waals surface area contributed by atoms with Crippen molar-refractivity contribution in [1.29, 1.82) is 0 Å². The van der Waals surface area contributed by atoms with Gasteiger partial charge < -0.3 is 5.11 Å². The lowest BCUT2D eigenvalue weighted by molar-refractivity contribution is 0.201. The van der Waals surface area contributed by atoms with E-state index in [0.717, 1.165) is 6.42 Å². The zero-order valence-corrected chi connectivity index (χ0v) is 8.97. The summed E-state index contributed by atoms with van der Waals surface area (Å²) < 4.78 is 0. The molecule has 1 N–H and O–H groups in total. The predicted molar refractivity (Wildman–Crippen MR) is 57.4 cm³/mol. The van der Waals surface area contributed by atoms with Gasteiger partial charge in [0.05, 0.1) is 6.10 Å². The minimum atomic E-state index is -0.271. The monoisotopic (exact) mass is 182 g/mol. The molecule has 0 aliphatic carbocycles. The highest BCUT2D eigenvalue weighted by molar-refractivity contribution is 4.99. The van der Waals surface area contributed by atoms with Crippen LogP contribution in [-0.2, 0) is 0 Å². The first-order valence-electron chi connectivity index (χ1n) is 5.41. The average Bonchev–Trinajstić information content (AvgIpc) is 2.09. The maximum atomic E-state index is 8.92. The van der Waals surface area contributed by atoms with Crippen molar-refractivity contribution in [3.63, 3.8) is 0 Å². The van der Waals surface area contributed by atoms with Gasteiger partial charge in [-0.05, 0) is 13.3 Å². The normalized spacial score (nSPS) is 11.9. The molecule has 0 fully saturated rings. The summed E-state index contributed by atoms with van der Waals surface area (Å²) in [5, 5.41) is 8.92. The predicted octanol–water partition coefficient (Wildman–Crippen LogP) is 3.12. The summed E-state index contributed by atoms with van der Waals surface area (Å²) in [6, 6.07) is 0. The quantitative estimate of drug-likeness (QED) is 0.494. The summed E-state index contributed by atoms with van der Waals surface area (Å²) in [5.74, 6) is 6.06. The Labute approximate surface area is 82.5 Å². The minimum absolute atomic E-state index is 0.271. The highest BCUT2D eigenvalue weighted by Crippen LogP contribution is 2.03. The maximum Gasteiger partial charge on any atom is 0.0621 e. The average molecular weight is 182 g/mol. The Morgan fingerprint density at radius 2 is 1.77 bits per heavy atom. The summed E-state index contributed by atoms with van der Waals surface area (Å²) in [6.45, 7) is 4.00. The molecule has 0 spiro atoms. The van der Waals surface area contributed by atoms with Crippen LogP contribution in [0.2, 0.25) is 0 Å². The number of aliphatic hydroxyl groups excluding tert-OH is 1. The van der Waals surface area contributed by atoms with Gasteiger partial charge in [0.2, 0.25) is 0 Å². The fourth-order valence-electron chi connectivity index (χ4n) is 1.13. The van der Waals surface area contributed by atoms with E-state index in [1.165, 1.54) is 32.1 Å². The lowest BCUT2D eigenvalue weighted by Gasteiger charge is -1.95. The van der Waals surface area contributed by atoms with Gasteiger partial charge in [0.1, 0.15) is 0 Å². The van der Waals surface area contributed by atoms with Gasteiger partial charge in [-0.25, -0.2) is 0 Å². The SMILES string of the molecule is CCCCCCCC#CC[C@H](C)O. The van der Waals surface area contributed by atoms with Crippen LogP contribution < -0.4 is 0 Å². The third kappa shape index (κ3) is 11.5. The van der Waals surface area contributed by atoms with Gasteiger partial charge in [-0.1, -0.05) is 32.6 Å². The minimum Gasteiger partial charge on any atom is -0.392 e. The summed E-state index contributed by atoms with van der Waals surface area (Å²) in [5.41, 5.74) is 0. The van der Waals surface area contributed by atoms with Crippen molar-refractivity contribution >= 4 is 0 Å². The van der Waals surface area contributed by atoms with E-state index in [1.54, 1.807) is 6.92 Å². The van der Waals surface area contributed by atoms with Gasteiger partial charge in [-0.3, -0.25) is 0 Å². The summed E-state index contributed by atoms with van der Waals surface area (Å²) in [4.78, 5) is 0. The molecular formula is C12H22O. The summed E-state index contributed by atoms with van der Waals surface area (Å²) in [7, 11) is 0. The second-order valence-corrected chi connectivity index (χ2v) is 3.57. The van der Waals surface area contributed by atoms with Crippen LogP contribution in [0.25, 0.3) is 0 Å². The maximum absolute atomic E-state index is 8.92. The first kappa shape index (κ1) is 12.5. The Kier molecular flexibility index (Phi) is 9.25. The van der Waals surface area contributed by atoms with E-state index in [2.05, 4.69) is 18.8 Å². The van der Waals surface area contributed by atoms with Crippen LogP contribution in [0.4, 0.5) is 0 Å². The van der Waals surface area contributed by atoms with Crippen molar-refractivity contribution in [3.05, 3.63) is 0 Å². The molecule has 0 unspecified atom stereocenters. The molecule has 0 aromatic carbocycles. The molecule has 0 heterocycles. The molecule has 0 amide bonds. The second-order valence-electron chi connectivity index (χ2n) is 3.57. The van der Waals surface area contributed by atoms with Crippen LogP contribution in [0, 0.1) is 11.8 Å². The highest BCUT2D eigenvalue weighted by Gasteiger charge is 1.88. The number of unbranched alkanes of at least 4 members (excludes halogenated alkanes) is 5. The van der Waals surface area contributed by atoms with Crippen molar-refractivity contribution in [1.82, 2.24) is 0 Å². The molecule has 0 bridgehead atoms. The van der Waals surface area contributed by atoms with Crippen LogP contribution in [0.1, 0.15) is 58.8 Å². The van der Waals surface area contributed by atoms with E-state index >= 15 is 0 Å². The fourth-order valence-corrected chi connectivity index (χ4v) is 1.13. The number of hydrogen-bond acceptors (Lipinski definition) is 1. The van der Waals surface area contributed by atoms with E-state index in [-0.39, 0.29) is 6.10 Å². The number of hydrogen-bond donors (Lipinski definition) is 1. The Balaban J connectivity index is 3.09. The molecule has 1 nitrogen and oxygen atoms in total. The van der Waals surface area contributed by atoms with Gasteiger partial charge in [-0.15, -0.1) is 11.8 Å². The molecule has 13 heavy (non-hydrogen) atoms. The Morgan fingerprint density at radius 3 is 2.38 bits per heavy atom. The van der Waals surface area contributed by atoms with E-state index in [1.807, 2.05) is 0 Å². The molecule has 1 atom stereocenters. The van der Waals surface area contributed by atoms with E-state index in [4.69, 9.17) is 5.11 Å². The topological polar surface area (TPSA) is 20.2 Å². The van der Waals surface area contributed by atoms with Gasteiger partial charge in [0.15, 0.2) is 0 Å². The third-order valence-electron chi connectivity index (χ3n) is 1.93. The van der Waals surface area contributed by atoms with Gasteiger partial charge in [-0.2, -0.15) is 0 Å². The molecule has 0 aromatic rings. The van der Waals surface area contributed by atoms with E-state index in [0.29, 0.717) is 6.42 Å². The van der Waals surface area contributed by atoms with Crippen molar-refractivity contribution in [3.8, 4) is 11.8 Å². The molecular weight excluding hydrogens is 160 g/mol. The Hall–Kier alpha value is -0.480. The van der Waals surface area contributed by atoms with Gasteiger partial charge in [0, 0.05) is 12.8 Å². The van der Waals surface area contributed by atoms with Crippen LogP contribution in [-0.4, -0.2) is 11.2 Å². The van der Waals surface area contributed by atoms with E-state index < -0.39 is 0 Å². The third-order valence-corrected chi connectivity index (χ3v) is 1.93. The van der Waals surface area contributed by atoms with Crippen molar-refractivity contribution in [2.45, 2.75) is 64.9 Å². The standard InChI is InChI=1S/C12H22O/c1-3-4-5-6-7-8-9-10-11-12(2)13/h12-13H,3-8,11H2,1-2H3/t12-/m0/s1. The molecule has 0 aromatic heterocycles.